The van der Waals surface area contributed by atoms with Gasteiger partial charge in [0, 0.05) is 24.5 Å². The molecule has 1 fully saturated rings. The van der Waals surface area contributed by atoms with Gasteiger partial charge in [-0.2, -0.15) is 0 Å². The molecular weight excluding hydrogens is 380 g/mol. The molecule has 1 aliphatic rings. The fraction of sp³-hybridized carbons (Fsp3) is 0.522. The third-order valence-electron chi connectivity index (χ3n) is 5.69. The van der Waals surface area contributed by atoms with E-state index in [-0.39, 0.29) is 12.1 Å². The average Bonchev–Trinajstić information content (AvgIpc) is 3.46. The molecule has 0 saturated carbocycles. The van der Waals surface area contributed by atoms with Crippen molar-refractivity contribution in [2.24, 2.45) is 0 Å². The Balaban J connectivity index is 1.45. The molecule has 0 spiro atoms. The molecule has 158 valence electrons. The topological polar surface area (TPSA) is 47.6 Å². The zero-order chi connectivity index (χ0) is 20.5. The van der Waals surface area contributed by atoms with Crippen molar-refractivity contribution >= 4 is 17.4 Å². The van der Waals surface area contributed by atoms with E-state index in [4.69, 9.17) is 0 Å². The highest BCUT2D eigenvalue weighted by Gasteiger charge is 2.24. The summed E-state index contributed by atoms with van der Waals surface area (Å²) in [5.41, 5.74) is 2.43. The summed E-state index contributed by atoms with van der Waals surface area (Å²) >= 11 is 1.77. The maximum absolute atomic E-state index is 12.4. The summed E-state index contributed by atoms with van der Waals surface area (Å²) in [4.78, 5) is 18.6. The second kappa shape index (κ2) is 11.3. The molecule has 3 rings (SSSR count). The SMILES string of the molecule is CCN(CC)Cc1ccc(CNC(=O)NCC(c2cccs2)N2CCCC2)cc1. The number of thiophene rings is 1. The number of benzene rings is 1. The van der Waals surface area contributed by atoms with Crippen LogP contribution in [0.3, 0.4) is 0 Å². The van der Waals surface area contributed by atoms with E-state index in [1.165, 1.54) is 23.3 Å². The van der Waals surface area contributed by atoms with Gasteiger partial charge in [-0.05, 0) is 61.6 Å². The van der Waals surface area contributed by atoms with E-state index in [2.05, 4.69) is 76.1 Å². The van der Waals surface area contributed by atoms with Gasteiger partial charge in [-0.1, -0.05) is 44.2 Å². The summed E-state index contributed by atoms with van der Waals surface area (Å²) in [7, 11) is 0. The van der Waals surface area contributed by atoms with Crippen molar-refractivity contribution < 1.29 is 4.79 Å². The number of hydrogen-bond donors (Lipinski definition) is 2. The normalized spacial score (nSPS) is 15.6. The standard InChI is InChI=1S/C23H34N4OS/c1-3-26(4-2)18-20-11-9-19(10-12-20)16-24-23(28)25-17-21(22-8-7-15-29-22)27-13-5-6-14-27/h7-12,15,21H,3-6,13-14,16-18H2,1-2H3,(H2,24,25,28). The lowest BCUT2D eigenvalue weighted by Crippen LogP contribution is -2.41. The minimum absolute atomic E-state index is 0.0991. The summed E-state index contributed by atoms with van der Waals surface area (Å²) in [5.74, 6) is 0. The van der Waals surface area contributed by atoms with E-state index in [1.807, 2.05) is 0 Å². The lowest BCUT2D eigenvalue weighted by atomic mass is 10.1. The number of urea groups is 1. The highest BCUT2D eigenvalue weighted by atomic mass is 32.1. The molecule has 2 N–H and O–H groups in total. The molecule has 29 heavy (non-hydrogen) atoms. The first kappa shape index (κ1) is 21.8. The van der Waals surface area contributed by atoms with E-state index >= 15 is 0 Å². The Morgan fingerprint density at radius 3 is 2.38 bits per heavy atom. The molecule has 0 bridgehead atoms. The molecule has 2 aromatic rings. The van der Waals surface area contributed by atoms with Crippen LogP contribution in [-0.2, 0) is 13.1 Å². The van der Waals surface area contributed by atoms with Gasteiger partial charge in [-0.3, -0.25) is 9.80 Å². The van der Waals surface area contributed by atoms with Gasteiger partial charge in [0.1, 0.15) is 0 Å². The van der Waals surface area contributed by atoms with Crippen LogP contribution in [-0.4, -0.2) is 48.6 Å². The molecule has 2 heterocycles. The quantitative estimate of drug-likeness (QED) is 0.612. The number of carbonyl (C=O) groups is 1. The minimum Gasteiger partial charge on any atom is -0.336 e. The molecule has 2 amide bonds. The highest BCUT2D eigenvalue weighted by Crippen LogP contribution is 2.27. The number of hydrogen-bond acceptors (Lipinski definition) is 4. The van der Waals surface area contributed by atoms with Gasteiger partial charge in [0.2, 0.25) is 0 Å². The summed E-state index contributed by atoms with van der Waals surface area (Å²) in [6, 6.07) is 13.0. The van der Waals surface area contributed by atoms with Crippen molar-refractivity contribution in [3.63, 3.8) is 0 Å². The van der Waals surface area contributed by atoms with Gasteiger partial charge in [-0.15, -0.1) is 11.3 Å². The molecule has 0 aliphatic carbocycles. The Morgan fingerprint density at radius 1 is 1.07 bits per heavy atom. The van der Waals surface area contributed by atoms with Crippen LogP contribution in [0, 0.1) is 0 Å². The van der Waals surface area contributed by atoms with Crippen molar-refractivity contribution in [2.75, 3.05) is 32.7 Å². The molecule has 0 radical (unpaired) electrons. The Labute approximate surface area is 179 Å². The maximum atomic E-state index is 12.4. The molecule has 1 aromatic carbocycles. The van der Waals surface area contributed by atoms with Crippen molar-refractivity contribution in [3.05, 3.63) is 57.8 Å². The Kier molecular flexibility index (Phi) is 8.52. The fourth-order valence-electron chi connectivity index (χ4n) is 3.85. The van der Waals surface area contributed by atoms with Crippen LogP contribution in [0.25, 0.3) is 0 Å². The summed E-state index contributed by atoms with van der Waals surface area (Å²) < 4.78 is 0. The summed E-state index contributed by atoms with van der Waals surface area (Å²) in [6.45, 7) is 10.9. The zero-order valence-corrected chi connectivity index (χ0v) is 18.5. The summed E-state index contributed by atoms with van der Waals surface area (Å²) in [5, 5.41) is 8.19. The number of amides is 2. The van der Waals surface area contributed by atoms with E-state index in [9.17, 15) is 4.79 Å². The number of carbonyl (C=O) groups excluding carboxylic acids is 1. The summed E-state index contributed by atoms with van der Waals surface area (Å²) in [6.07, 6.45) is 2.50. The number of rotatable bonds is 10. The van der Waals surface area contributed by atoms with Crippen LogP contribution in [0.4, 0.5) is 4.79 Å². The van der Waals surface area contributed by atoms with Crippen LogP contribution < -0.4 is 10.6 Å². The minimum atomic E-state index is -0.0991. The second-order valence-corrected chi connectivity index (χ2v) is 8.60. The Bertz CT molecular complexity index is 722. The molecule has 1 aromatic heterocycles. The monoisotopic (exact) mass is 414 g/mol. The lowest BCUT2D eigenvalue weighted by molar-refractivity contribution is 0.222. The molecule has 1 aliphatic heterocycles. The fourth-order valence-corrected chi connectivity index (χ4v) is 4.71. The predicted octanol–water partition coefficient (Wildman–Crippen LogP) is 4.23. The van der Waals surface area contributed by atoms with E-state index in [1.54, 1.807) is 11.3 Å². The molecular formula is C23H34N4OS. The first-order valence-electron chi connectivity index (χ1n) is 10.8. The van der Waals surface area contributed by atoms with Gasteiger partial charge in [0.25, 0.3) is 0 Å². The lowest BCUT2D eigenvalue weighted by Gasteiger charge is -2.27. The van der Waals surface area contributed by atoms with Gasteiger partial charge in [0.15, 0.2) is 0 Å². The van der Waals surface area contributed by atoms with Crippen molar-refractivity contribution in [3.8, 4) is 0 Å². The number of nitrogens with zero attached hydrogens (tertiary/aromatic N) is 2. The smallest absolute Gasteiger partial charge is 0.315 e. The van der Waals surface area contributed by atoms with Crippen LogP contribution in [0.1, 0.15) is 48.7 Å². The van der Waals surface area contributed by atoms with Crippen LogP contribution in [0.15, 0.2) is 41.8 Å². The zero-order valence-electron chi connectivity index (χ0n) is 17.7. The molecule has 1 atom stereocenters. The Morgan fingerprint density at radius 2 is 1.76 bits per heavy atom. The van der Waals surface area contributed by atoms with Crippen LogP contribution in [0.2, 0.25) is 0 Å². The predicted molar refractivity (Wildman–Crippen MR) is 121 cm³/mol. The molecule has 1 saturated heterocycles. The Hall–Kier alpha value is -1.89. The third kappa shape index (κ3) is 6.56. The average molecular weight is 415 g/mol. The van der Waals surface area contributed by atoms with Gasteiger partial charge < -0.3 is 10.6 Å². The van der Waals surface area contributed by atoms with E-state index in [0.717, 1.165) is 38.3 Å². The van der Waals surface area contributed by atoms with Crippen molar-refractivity contribution in [1.29, 1.82) is 0 Å². The van der Waals surface area contributed by atoms with Crippen LogP contribution in [0.5, 0.6) is 0 Å². The first-order chi connectivity index (χ1) is 14.2. The second-order valence-electron chi connectivity index (χ2n) is 7.62. The highest BCUT2D eigenvalue weighted by molar-refractivity contribution is 7.10. The van der Waals surface area contributed by atoms with Gasteiger partial charge in [0.05, 0.1) is 6.04 Å². The molecule has 1 unspecified atom stereocenters. The van der Waals surface area contributed by atoms with Crippen molar-refractivity contribution in [2.45, 2.75) is 45.8 Å². The van der Waals surface area contributed by atoms with Crippen molar-refractivity contribution in [1.82, 2.24) is 20.4 Å². The largest absolute Gasteiger partial charge is 0.336 e. The van der Waals surface area contributed by atoms with Gasteiger partial charge in [-0.25, -0.2) is 4.79 Å². The van der Waals surface area contributed by atoms with E-state index < -0.39 is 0 Å². The van der Waals surface area contributed by atoms with E-state index in [0.29, 0.717) is 13.1 Å². The molecule has 6 heteroatoms. The third-order valence-corrected chi connectivity index (χ3v) is 6.66. The number of nitrogens with one attached hydrogen (secondary N) is 2. The molecule has 5 nitrogen and oxygen atoms in total. The maximum Gasteiger partial charge on any atom is 0.315 e. The first-order valence-corrected chi connectivity index (χ1v) is 11.7. The van der Waals surface area contributed by atoms with Gasteiger partial charge >= 0.3 is 6.03 Å². The van der Waals surface area contributed by atoms with Crippen LogP contribution >= 0.6 is 11.3 Å². The number of likely N-dealkylation sites (tertiary alicyclic amines) is 1.